The first kappa shape index (κ1) is 16.7. The number of aromatic amines is 1. The van der Waals surface area contributed by atoms with Gasteiger partial charge in [0.05, 0.1) is 12.1 Å². The molecule has 0 atom stereocenters. The zero-order chi connectivity index (χ0) is 17.5. The number of nitrogens with zero attached hydrogens (tertiary/aromatic N) is 2. The molecular formula is C19H20N4O2. The molecule has 0 radical (unpaired) electrons. The van der Waals surface area contributed by atoms with Gasteiger partial charge >= 0.3 is 0 Å². The van der Waals surface area contributed by atoms with Crippen molar-refractivity contribution in [2.24, 2.45) is 0 Å². The molecule has 1 aromatic carbocycles. The minimum Gasteiger partial charge on any atom is -0.345 e. The Morgan fingerprint density at radius 1 is 1.16 bits per heavy atom. The number of carbonyl (C=O) groups is 1. The number of hydrogen-bond donors (Lipinski definition) is 2. The van der Waals surface area contributed by atoms with Gasteiger partial charge in [-0.3, -0.25) is 9.59 Å². The van der Waals surface area contributed by atoms with Crippen molar-refractivity contribution in [1.29, 1.82) is 0 Å². The highest BCUT2D eigenvalue weighted by Crippen LogP contribution is 2.06. The molecule has 0 bridgehead atoms. The molecule has 25 heavy (non-hydrogen) atoms. The molecule has 0 aliphatic heterocycles. The van der Waals surface area contributed by atoms with Gasteiger partial charge in [-0.25, -0.2) is 4.98 Å². The van der Waals surface area contributed by atoms with Gasteiger partial charge in [-0.15, -0.1) is 0 Å². The molecule has 3 rings (SSSR count). The summed E-state index contributed by atoms with van der Waals surface area (Å²) in [6, 6.07) is 13.2. The second-order valence-corrected chi connectivity index (χ2v) is 5.75. The number of amides is 1. The van der Waals surface area contributed by atoms with Gasteiger partial charge in [0.15, 0.2) is 0 Å². The fourth-order valence-corrected chi connectivity index (χ4v) is 2.62. The topological polar surface area (TPSA) is 79.8 Å². The number of rotatable bonds is 7. The van der Waals surface area contributed by atoms with E-state index >= 15 is 0 Å². The molecule has 0 aliphatic carbocycles. The summed E-state index contributed by atoms with van der Waals surface area (Å²) >= 11 is 0. The third-order valence-corrected chi connectivity index (χ3v) is 3.96. The summed E-state index contributed by atoms with van der Waals surface area (Å²) < 4.78 is 2.05. The number of H-pyrrole nitrogens is 1. The molecule has 0 spiro atoms. The van der Waals surface area contributed by atoms with Gasteiger partial charge in [-0.05, 0) is 24.5 Å². The summed E-state index contributed by atoms with van der Waals surface area (Å²) in [7, 11) is 0. The van der Waals surface area contributed by atoms with Gasteiger partial charge < -0.3 is 14.9 Å². The van der Waals surface area contributed by atoms with Crippen molar-refractivity contribution in [3.63, 3.8) is 0 Å². The summed E-state index contributed by atoms with van der Waals surface area (Å²) in [5.41, 5.74) is 1.50. The number of aromatic nitrogens is 3. The van der Waals surface area contributed by atoms with Gasteiger partial charge in [0, 0.05) is 31.2 Å². The quantitative estimate of drug-likeness (QED) is 0.694. The zero-order valence-electron chi connectivity index (χ0n) is 13.8. The van der Waals surface area contributed by atoms with Crippen molar-refractivity contribution in [2.45, 2.75) is 25.9 Å². The number of nitrogens with one attached hydrogen (secondary N) is 2. The molecule has 0 aliphatic rings. The third kappa shape index (κ3) is 4.67. The van der Waals surface area contributed by atoms with Gasteiger partial charge in [0.2, 0.25) is 5.56 Å². The van der Waals surface area contributed by atoms with Gasteiger partial charge in [-0.2, -0.15) is 0 Å². The Kier molecular flexibility index (Phi) is 5.41. The Hall–Kier alpha value is -3.15. The number of aryl methyl sites for hydroxylation is 2. The van der Waals surface area contributed by atoms with E-state index in [0.29, 0.717) is 12.1 Å². The molecule has 2 heterocycles. The van der Waals surface area contributed by atoms with E-state index in [0.717, 1.165) is 25.2 Å². The predicted molar refractivity (Wildman–Crippen MR) is 95.2 cm³/mol. The Labute approximate surface area is 145 Å². The lowest BCUT2D eigenvalue weighted by Crippen LogP contribution is -2.25. The molecule has 3 aromatic rings. The normalized spacial score (nSPS) is 10.6. The lowest BCUT2D eigenvalue weighted by Gasteiger charge is -2.09. The number of pyridine rings is 1. The number of imidazole rings is 1. The molecule has 0 saturated carbocycles. The van der Waals surface area contributed by atoms with Crippen LogP contribution in [0.5, 0.6) is 0 Å². The molecule has 2 aromatic heterocycles. The van der Waals surface area contributed by atoms with Crippen LogP contribution in [0.2, 0.25) is 0 Å². The van der Waals surface area contributed by atoms with Crippen molar-refractivity contribution >= 4 is 5.91 Å². The van der Waals surface area contributed by atoms with E-state index in [4.69, 9.17) is 0 Å². The van der Waals surface area contributed by atoms with E-state index in [2.05, 4.69) is 32.0 Å². The fourth-order valence-electron chi connectivity index (χ4n) is 2.62. The monoisotopic (exact) mass is 336 g/mol. The highest BCUT2D eigenvalue weighted by Gasteiger charge is 2.08. The van der Waals surface area contributed by atoms with Crippen LogP contribution in [0.1, 0.15) is 28.2 Å². The summed E-state index contributed by atoms with van der Waals surface area (Å²) in [6.07, 6.45) is 7.07. The van der Waals surface area contributed by atoms with Crippen LogP contribution in [0.3, 0.4) is 0 Å². The van der Waals surface area contributed by atoms with E-state index in [-0.39, 0.29) is 11.5 Å². The first-order valence-corrected chi connectivity index (χ1v) is 8.23. The lowest BCUT2D eigenvalue weighted by molar-refractivity contribution is 0.0949. The zero-order valence-corrected chi connectivity index (χ0v) is 13.8. The smallest absolute Gasteiger partial charge is 0.253 e. The average Bonchev–Trinajstić information content (AvgIpc) is 3.08. The standard InChI is InChI=1S/C19H20N4O2/c24-18-9-8-16(13-21-18)19(25)22-14-17-20-10-12-23(17)11-4-7-15-5-2-1-3-6-15/h1-3,5-6,8-10,12-13H,4,7,11,14H2,(H,21,24)(H,22,25). The van der Waals surface area contributed by atoms with Crippen LogP contribution in [0.4, 0.5) is 0 Å². The first-order valence-electron chi connectivity index (χ1n) is 8.23. The summed E-state index contributed by atoms with van der Waals surface area (Å²) in [4.78, 5) is 29.9. The molecule has 128 valence electrons. The largest absolute Gasteiger partial charge is 0.345 e. The molecule has 6 heteroatoms. The van der Waals surface area contributed by atoms with E-state index in [1.807, 2.05) is 24.4 Å². The van der Waals surface area contributed by atoms with Crippen LogP contribution in [0.15, 0.2) is 65.8 Å². The lowest BCUT2D eigenvalue weighted by atomic mass is 10.1. The number of carbonyl (C=O) groups excluding carboxylic acids is 1. The molecule has 1 amide bonds. The molecular weight excluding hydrogens is 316 g/mol. The second-order valence-electron chi connectivity index (χ2n) is 5.75. The minimum absolute atomic E-state index is 0.231. The van der Waals surface area contributed by atoms with Crippen LogP contribution in [-0.4, -0.2) is 20.4 Å². The molecule has 0 saturated heterocycles. The van der Waals surface area contributed by atoms with Crippen LogP contribution in [-0.2, 0) is 19.5 Å². The summed E-state index contributed by atoms with van der Waals surface area (Å²) in [5, 5.41) is 2.83. The van der Waals surface area contributed by atoms with E-state index in [9.17, 15) is 9.59 Å². The second kappa shape index (κ2) is 8.10. The highest BCUT2D eigenvalue weighted by molar-refractivity contribution is 5.93. The Morgan fingerprint density at radius 3 is 2.76 bits per heavy atom. The summed E-state index contributed by atoms with van der Waals surface area (Å²) in [5.74, 6) is 0.570. The number of benzene rings is 1. The highest BCUT2D eigenvalue weighted by atomic mass is 16.1. The van der Waals surface area contributed by atoms with Crippen LogP contribution in [0, 0.1) is 0 Å². The molecule has 0 unspecified atom stereocenters. The van der Waals surface area contributed by atoms with Crippen molar-refractivity contribution < 1.29 is 4.79 Å². The molecule has 0 fully saturated rings. The maximum absolute atomic E-state index is 12.1. The van der Waals surface area contributed by atoms with Gasteiger partial charge in [0.25, 0.3) is 5.91 Å². The maximum Gasteiger partial charge on any atom is 0.253 e. The molecule has 2 N–H and O–H groups in total. The van der Waals surface area contributed by atoms with E-state index in [1.54, 1.807) is 6.20 Å². The number of hydrogen-bond acceptors (Lipinski definition) is 3. The Balaban J connectivity index is 1.52. The van der Waals surface area contributed by atoms with Crippen LogP contribution in [0.25, 0.3) is 0 Å². The van der Waals surface area contributed by atoms with Crippen LogP contribution >= 0.6 is 0 Å². The Morgan fingerprint density at radius 2 is 2.00 bits per heavy atom. The van der Waals surface area contributed by atoms with E-state index in [1.165, 1.54) is 23.9 Å². The van der Waals surface area contributed by atoms with Gasteiger partial charge in [0.1, 0.15) is 5.82 Å². The SMILES string of the molecule is O=C(NCc1nccn1CCCc1ccccc1)c1ccc(=O)[nH]c1. The average molecular weight is 336 g/mol. The first-order chi connectivity index (χ1) is 12.2. The van der Waals surface area contributed by atoms with Gasteiger partial charge in [-0.1, -0.05) is 30.3 Å². The summed E-state index contributed by atoms with van der Waals surface area (Å²) in [6.45, 7) is 1.19. The Bertz CT molecular complexity index is 863. The fraction of sp³-hybridized carbons (Fsp3) is 0.211. The van der Waals surface area contributed by atoms with Crippen molar-refractivity contribution in [2.75, 3.05) is 0 Å². The van der Waals surface area contributed by atoms with Crippen molar-refractivity contribution in [1.82, 2.24) is 19.9 Å². The predicted octanol–water partition coefficient (Wildman–Crippen LogP) is 2.13. The van der Waals surface area contributed by atoms with E-state index < -0.39 is 0 Å². The van der Waals surface area contributed by atoms with Crippen molar-refractivity contribution in [3.05, 3.63) is 88.4 Å². The minimum atomic E-state index is -0.241. The van der Waals surface area contributed by atoms with Crippen molar-refractivity contribution in [3.8, 4) is 0 Å². The third-order valence-electron chi connectivity index (χ3n) is 3.96. The maximum atomic E-state index is 12.1. The van der Waals surface area contributed by atoms with Crippen LogP contribution < -0.4 is 10.9 Å². The molecule has 6 nitrogen and oxygen atoms in total.